The standard InChI is InChI=1S/C12H16N2O3S2/c1-3-13-19(16,17)9-4-5-11-10(6-9)14-12(15)8(2)7-18-11/h4-6,8,13H,3,7H2,1-2H3,(H,14,15). The summed E-state index contributed by atoms with van der Waals surface area (Å²) in [5.74, 6) is 0.522. The maximum Gasteiger partial charge on any atom is 0.240 e. The number of nitrogens with one attached hydrogen (secondary N) is 2. The molecule has 1 amide bonds. The summed E-state index contributed by atoms with van der Waals surface area (Å²) in [5.41, 5.74) is 0.568. The molecular formula is C12H16N2O3S2. The Morgan fingerprint density at radius 2 is 2.21 bits per heavy atom. The van der Waals surface area contributed by atoms with Crippen molar-refractivity contribution in [1.29, 1.82) is 0 Å². The van der Waals surface area contributed by atoms with Crippen LogP contribution in [0.1, 0.15) is 13.8 Å². The summed E-state index contributed by atoms with van der Waals surface area (Å²) < 4.78 is 26.3. The molecule has 104 valence electrons. The Labute approximate surface area is 117 Å². The van der Waals surface area contributed by atoms with Crippen LogP contribution in [-0.4, -0.2) is 26.6 Å². The van der Waals surface area contributed by atoms with Gasteiger partial charge in [0.25, 0.3) is 0 Å². The lowest BCUT2D eigenvalue weighted by Gasteiger charge is -2.10. The molecule has 0 saturated heterocycles. The minimum atomic E-state index is -3.50. The SMILES string of the molecule is CCNS(=O)(=O)c1ccc2c(c1)NC(=O)C(C)CS2. The van der Waals surface area contributed by atoms with Gasteiger partial charge in [0.05, 0.1) is 10.6 Å². The molecule has 0 aliphatic carbocycles. The molecule has 1 heterocycles. The number of thioether (sulfide) groups is 1. The predicted molar refractivity (Wildman–Crippen MR) is 75.8 cm³/mol. The first-order chi connectivity index (χ1) is 8.94. The summed E-state index contributed by atoms with van der Waals surface area (Å²) >= 11 is 1.56. The van der Waals surface area contributed by atoms with Gasteiger partial charge in [-0.3, -0.25) is 4.79 Å². The highest BCUT2D eigenvalue weighted by molar-refractivity contribution is 7.99. The third-order valence-electron chi connectivity index (χ3n) is 2.79. The molecule has 5 nitrogen and oxygen atoms in total. The zero-order valence-electron chi connectivity index (χ0n) is 10.8. The molecule has 0 bridgehead atoms. The molecule has 1 aromatic carbocycles. The number of hydrogen-bond acceptors (Lipinski definition) is 4. The second-order valence-electron chi connectivity index (χ2n) is 4.36. The van der Waals surface area contributed by atoms with Gasteiger partial charge in [-0.25, -0.2) is 13.1 Å². The van der Waals surface area contributed by atoms with Gasteiger partial charge in [0.15, 0.2) is 0 Å². The fraction of sp³-hybridized carbons (Fsp3) is 0.417. The Morgan fingerprint density at radius 3 is 2.89 bits per heavy atom. The van der Waals surface area contributed by atoms with Crippen LogP contribution in [0.4, 0.5) is 5.69 Å². The Bertz CT molecular complexity index is 599. The summed E-state index contributed by atoms with van der Waals surface area (Å²) in [4.78, 5) is 12.8. The first kappa shape index (κ1) is 14.4. The lowest BCUT2D eigenvalue weighted by molar-refractivity contribution is -0.118. The van der Waals surface area contributed by atoms with Crippen LogP contribution in [0.5, 0.6) is 0 Å². The summed E-state index contributed by atoms with van der Waals surface area (Å²) in [6, 6.07) is 4.81. The molecular weight excluding hydrogens is 284 g/mol. The number of hydrogen-bond donors (Lipinski definition) is 2. The van der Waals surface area contributed by atoms with Crippen LogP contribution >= 0.6 is 11.8 Å². The van der Waals surface area contributed by atoms with Crippen LogP contribution in [0.15, 0.2) is 28.0 Å². The van der Waals surface area contributed by atoms with E-state index < -0.39 is 10.0 Å². The van der Waals surface area contributed by atoms with Gasteiger partial charge in [-0.2, -0.15) is 0 Å². The van der Waals surface area contributed by atoms with Crippen LogP contribution < -0.4 is 10.0 Å². The van der Waals surface area contributed by atoms with E-state index in [-0.39, 0.29) is 16.7 Å². The summed E-state index contributed by atoms with van der Waals surface area (Å²) in [5, 5.41) is 2.77. The largest absolute Gasteiger partial charge is 0.325 e. The van der Waals surface area contributed by atoms with E-state index in [1.807, 2.05) is 6.92 Å². The Kier molecular flexibility index (Phi) is 4.17. The third kappa shape index (κ3) is 3.10. The minimum Gasteiger partial charge on any atom is -0.325 e. The van der Waals surface area contributed by atoms with Crippen LogP contribution in [0.25, 0.3) is 0 Å². The average Bonchev–Trinajstić information content (AvgIpc) is 2.49. The molecule has 1 atom stereocenters. The number of rotatable bonds is 3. The smallest absolute Gasteiger partial charge is 0.240 e. The van der Waals surface area contributed by atoms with E-state index in [1.54, 1.807) is 30.8 Å². The van der Waals surface area contributed by atoms with Gasteiger partial charge in [-0.15, -0.1) is 11.8 Å². The van der Waals surface area contributed by atoms with Gasteiger partial charge in [-0.05, 0) is 18.2 Å². The van der Waals surface area contributed by atoms with Crippen molar-refractivity contribution in [3.8, 4) is 0 Å². The quantitative estimate of drug-likeness (QED) is 0.890. The van der Waals surface area contributed by atoms with E-state index in [1.165, 1.54) is 6.07 Å². The van der Waals surface area contributed by atoms with Crippen molar-refractivity contribution in [1.82, 2.24) is 4.72 Å². The first-order valence-electron chi connectivity index (χ1n) is 6.01. The van der Waals surface area contributed by atoms with Crippen LogP contribution in [0.2, 0.25) is 0 Å². The Hall–Kier alpha value is -1.05. The topological polar surface area (TPSA) is 75.3 Å². The van der Waals surface area contributed by atoms with Crippen molar-refractivity contribution < 1.29 is 13.2 Å². The second kappa shape index (κ2) is 5.52. The predicted octanol–water partition coefficient (Wildman–Crippen LogP) is 1.67. The lowest BCUT2D eigenvalue weighted by Crippen LogP contribution is -2.23. The number of carbonyl (C=O) groups is 1. The number of sulfonamides is 1. The van der Waals surface area contributed by atoms with Crippen molar-refractivity contribution in [2.75, 3.05) is 17.6 Å². The van der Waals surface area contributed by atoms with E-state index >= 15 is 0 Å². The van der Waals surface area contributed by atoms with E-state index in [0.717, 1.165) is 4.90 Å². The fourth-order valence-electron chi connectivity index (χ4n) is 1.72. The number of carbonyl (C=O) groups excluding carboxylic acids is 1. The monoisotopic (exact) mass is 300 g/mol. The molecule has 0 fully saturated rings. The van der Waals surface area contributed by atoms with Crippen molar-refractivity contribution in [2.45, 2.75) is 23.6 Å². The van der Waals surface area contributed by atoms with Crippen LogP contribution in [-0.2, 0) is 14.8 Å². The van der Waals surface area contributed by atoms with Gasteiger partial charge in [0, 0.05) is 23.1 Å². The highest BCUT2D eigenvalue weighted by Gasteiger charge is 2.22. The third-order valence-corrected chi connectivity index (χ3v) is 5.67. The second-order valence-corrected chi connectivity index (χ2v) is 7.19. The molecule has 0 saturated carbocycles. The normalized spacial score (nSPS) is 19.5. The van der Waals surface area contributed by atoms with Gasteiger partial charge >= 0.3 is 0 Å². The molecule has 2 rings (SSSR count). The van der Waals surface area contributed by atoms with E-state index in [4.69, 9.17) is 0 Å². The first-order valence-corrected chi connectivity index (χ1v) is 8.48. The zero-order chi connectivity index (χ0) is 14.0. The summed E-state index contributed by atoms with van der Waals surface area (Å²) in [6.07, 6.45) is 0. The van der Waals surface area contributed by atoms with Crippen LogP contribution in [0.3, 0.4) is 0 Å². The van der Waals surface area contributed by atoms with Gasteiger partial charge in [0.2, 0.25) is 15.9 Å². The maximum atomic E-state index is 11.9. The molecule has 7 heteroatoms. The average molecular weight is 300 g/mol. The summed E-state index contributed by atoms with van der Waals surface area (Å²) in [7, 11) is -3.50. The molecule has 0 radical (unpaired) electrons. The fourth-order valence-corrected chi connectivity index (χ4v) is 3.80. The van der Waals surface area contributed by atoms with Crippen molar-refractivity contribution in [3.63, 3.8) is 0 Å². The number of amides is 1. The van der Waals surface area contributed by atoms with E-state index in [9.17, 15) is 13.2 Å². The molecule has 1 aliphatic heterocycles. The minimum absolute atomic E-state index is 0.0794. The van der Waals surface area contributed by atoms with Crippen molar-refractivity contribution >= 4 is 33.4 Å². The lowest BCUT2D eigenvalue weighted by atomic mass is 10.2. The summed E-state index contributed by atoms with van der Waals surface area (Å²) in [6.45, 7) is 3.91. The van der Waals surface area contributed by atoms with Crippen molar-refractivity contribution in [2.24, 2.45) is 5.92 Å². The molecule has 19 heavy (non-hydrogen) atoms. The van der Waals surface area contributed by atoms with Crippen LogP contribution in [0, 0.1) is 5.92 Å². The molecule has 0 aromatic heterocycles. The van der Waals surface area contributed by atoms with E-state index in [0.29, 0.717) is 18.0 Å². The molecule has 0 spiro atoms. The van der Waals surface area contributed by atoms with E-state index in [2.05, 4.69) is 10.0 Å². The number of benzene rings is 1. The molecule has 2 N–H and O–H groups in total. The van der Waals surface area contributed by atoms with Gasteiger partial charge in [-0.1, -0.05) is 13.8 Å². The molecule has 1 unspecified atom stereocenters. The molecule has 1 aromatic rings. The number of fused-ring (bicyclic) bond motifs is 1. The molecule has 1 aliphatic rings. The van der Waals surface area contributed by atoms with Gasteiger partial charge < -0.3 is 5.32 Å². The zero-order valence-corrected chi connectivity index (χ0v) is 12.4. The highest BCUT2D eigenvalue weighted by atomic mass is 32.2. The Morgan fingerprint density at radius 1 is 1.47 bits per heavy atom. The van der Waals surface area contributed by atoms with Crippen molar-refractivity contribution in [3.05, 3.63) is 18.2 Å². The Balaban J connectivity index is 2.39. The number of anilines is 1. The van der Waals surface area contributed by atoms with Gasteiger partial charge in [0.1, 0.15) is 0 Å². The maximum absolute atomic E-state index is 11.9. The highest BCUT2D eigenvalue weighted by Crippen LogP contribution is 2.33.